The van der Waals surface area contributed by atoms with Gasteiger partial charge in [0, 0.05) is 0 Å². The van der Waals surface area contributed by atoms with Crippen LogP contribution in [0.25, 0.3) is 0 Å². The smallest absolute Gasteiger partial charge is 0.161 e. The minimum absolute atomic E-state index is 0.682. The maximum atomic E-state index is 10.7. The standard InChI is InChI=1S/C15H22O3/c1-11-6-8-15(16,9-7-11)12-4-5-13(17-2)14(10-12)18-3/h4-5,10-11,16H,6-9H2,1-3H3. The lowest BCUT2D eigenvalue weighted by atomic mass is 9.76. The lowest BCUT2D eigenvalue weighted by molar-refractivity contribution is -0.0122. The van der Waals surface area contributed by atoms with E-state index in [2.05, 4.69) is 6.92 Å². The zero-order valence-electron chi connectivity index (χ0n) is 11.4. The van der Waals surface area contributed by atoms with Crippen LogP contribution in [-0.2, 0) is 5.60 Å². The Bertz CT molecular complexity index is 406. The monoisotopic (exact) mass is 250 g/mol. The Morgan fingerprint density at radius 1 is 1.11 bits per heavy atom. The molecule has 0 spiro atoms. The van der Waals surface area contributed by atoms with Crippen molar-refractivity contribution in [3.63, 3.8) is 0 Å². The van der Waals surface area contributed by atoms with Gasteiger partial charge in [-0.05, 0) is 49.3 Å². The zero-order valence-corrected chi connectivity index (χ0v) is 11.4. The molecule has 0 saturated heterocycles. The van der Waals surface area contributed by atoms with Crippen LogP contribution in [0.3, 0.4) is 0 Å². The van der Waals surface area contributed by atoms with E-state index in [0.717, 1.165) is 31.2 Å². The number of aliphatic hydroxyl groups is 1. The maximum Gasteiger partial charge on any atom is 0.161 e. The van der Waals surface area contributed by atoms with Gasteiger partial charge in [0.1, 0.15) is 0 Å². The average molecular weight is 250 g/mol. The summed E-state index contributed by atoms with van der Waals surface area (Å²) >= 11 is 0. The molecule has 0 aromatic heterocycles. The van der Waals surface area contributed by atoms with E-state index in [-0.39, 0.29) is 0 Å². The normalized spacial score (nSPS) is 27.9. The first-order chi connectivity index (χ1) is 8.59. The van der Waals surface area contributed by atoms with Gasteiger partial charge >= 0.3 is 0 Å². The van der Waals surface area contributed by atoms with Crippen molar-refractivity contribution in [3.8, 4) is 11.5 Å². The van der Waals surface area contributed by atoms with Crippen molar-refractivity contribution in [1.82, 2.24) is 0 Å². The third-order valence-corrected chi connectivity index (χ3v) is 4.02. The molecule has 0 atom stereocenters. The average Bonchev–Trinajstić information content (AvgIpc) is 2.41. The van der Waals surface area contributed by atoms with Crippen LogP contribution in [0.5, 0.6) is 11.5 Å². The lowest BCUT2D eigenvalue weighted by Gasteiger charge is -2.35. The van der Waals surface area contributed by atoms with Crippen LogP contribution < -0.4 is 9.47 Å². The molecular weight excluding hydrogens is 228 g/mol. The predicted molar refractivity (Wildman–Crippen MR) is 71.1 cm³/mol. The van der Waals surface area contributed by atoms with Gasteiger partial charge in [-0.15, -0.1) is 0 Å². The molecule has 18 heavy (non-hydrogen) atoms. The minimum atomic E-state index is -0.702. The van der Waals surface area contributed by atoms with E-state index in [1.165, 1.54) is 0 Å². The Balaban J connectivity index is 2.27. The van der Waals surface area contributed by atoms with E-state index in [1.54, 1.807) is 14.2 Å². The summed E-state index contributed by atoms with van der Waals surface area (Å²) in [5, 5.41) is 10.7. The summed E-state index contributed by atoms with van der Waals surface area (Å²) in [6, 6.07) is 5.70. The first-order valence-corrected chi connectivity index (χ1v) is 6.54. The van der Waals surface area contributed by atoms with Crippen molar-refractivity contribution in [3.05, 3.63) is 23.8 Å². The van der Waals surface area contributed by atoms with Crippen LogP contribution in [0.2, 0.25) is 0 Å². The first-order valence-electron chi connectivity index (χ1n) is 6.54. The molecule has 3 nitrogen and oxygen atoms in total. The van der Waals surface area contributed by atoms with Gasteiger partial charge in [-0.25, -0.2) is 0 Å². The highest BCUT2D eigenvalue weighted by molar-refractivity contribution is 5.44. The third-order valence-electron chi connectivity index (χ3n) is 4.02. The number of methoxy groups -OCH3 is 2. The summed E-state index contributed by atoms with van der Waals surface area (Å²) < 4.78 is 10.5. The van der Waals surface area contributed by atoms with E-state index in [4.69, 9.17) is 9.47 Å². The number of hydrogen-bond donors (Lipinski definition) is 1. The van der Waals surface area contributed by atoms with E-state index >= 15 is 0 Å². The Labute approximate surface area is 109 Å². The number of rotatable bonds is 3. The van der Waals surface area contributed by atoms with Gasteiger partial charge in [-0.3, -0.25) is 0 Å². The summed E-state index contributed by atoms with van der Waals surface area (Å²) in [6.45, 7) is 2.24. The predicted octanol–water partition coefficient (Wildman–Crippen LogP) is 3.10. The second-order valence-electron chi connectivity index (χ2n) is 5.28. The Morgan fingerprint density at radius 3 is 2.28 bits per heavy atom. The van der Waals surface area contributed by atoms with Gasteiger partial charge in [0.25, 0.3) is 0 Å². The summed E-state index contributed by atoms with van der Waals surface area (Å²) in [7, 11) is 3.24. The van der Waals surface area contributed by atoms with Crippen molar-refractivity contribution in [1.29, 1.82) is 0 Å². The van der Waals surface area contributed by atoms with Crippen molar-refractivity contribution in [2.45, 2.75) is 38.2 Å². The van der Waals surface area contributed by atoms with E-state index in [9.17, 15) is 5.11 Å². The molecular formula is C15H22O3. The van der Waals surface area contributed by atoms with Crippen LogP contribution in [0.1, 0.15) is 38.2 Å². The molecule has 1 saturated carbocycles. The fourth-order valence-electron chi connectivity index (χ4n) is 2.65. The van der Waals surface area contributed by atoms with Crippen molar-refractivity contribution in [2.75, 3.05) is 14.2 Å². The molecule has 0 aliphatic heterocycles. The highest BCUT2D eigenvalue weighted by Crippen LogP contribution is 2.41. The van der Waals surface area contributed by atoms with Crippen LogP contribution in [-0.4, -0.2) is 19.3 Å². The van der Waals surface area contributed by atoms with Crippen molar-refractivity contribution < 1.29 is 14.6 Å². The van der Waals surface area contributed by atoms with Crippen molar-refractivity contribution >= 4 is 0 Å². The minimum Gasteiger partial charge on any atom is -0.493 e. The topological polar surface area (TPSA) is 38.7 Å². The molecule has 1 aliphatic rings. The number of benzene rings is 1. The highest BCUT2D eigenvalue weighted by Gasteiger charge is 2.34. The van der Waals surface area contributed by atoms with Crippen LogP contribution >= 0.6 is 0 Å². The SMILES string of the molecule is COc1ccc(C2(O)CCC(C)CC2)cc1OC. The number of ether oxygens (including phenoxy) is 2. The molecule has 0 bridgehead atoms. The van der Waals surface area contributed by atoms with Gasteiger partial charge in [-0.1, -0.05) is 13.0 Å². The third kappa shape index (κ3) is 2.46. The van der Waals surface area contributed by atoms with Gasteiger partial charge < -0.3 is 14.6 Å². The van der Waals surface area contributed by atoms with E-state index < -0.39 is 5.60 Å². The Morgan fingerprint density at radius 2 is 1.72 bits per heavy atom. The molecule has 1 aromatic rings. The molecule has 0 amide bonds. The summed E-state index contributed by atoms with van der Waals surface area (Å²) in [4.78, 5) is 0. The second kappa shape index (κ2) is 5.19. The van der Waals surface area contributed by atoms with E-state index in [1.807, 2.05) is 18.2 Å². The van der Waals surface area contributed by atoms with Crippen molar-refractivity contribution in [2.24, 2.45) is 5.92 Å². The van der Waals surface area contributed by atoms with Gasteiger partial charge in [-0.2, -0.15) is 0 Å². The highest BCUT2D eigenvalue weighted by atomic mass is 16.5. The van der Waals surface area contributed by atoms with Crippen LogP contribution in [0.4, 0.5) is 0 Å². The van der Waals surface area contributed by atoms with E-state index in [0.29, 0.717) is 17.4 Å². The molecule has 0 radical (unpaired) electrons. The van der Waals surface area contributed by atoms with Gasteiger partial charge in [0.05, 0.1) is 19.8 Å². The molecule has 2 rings (SSSR count). The van der Waals surface area contributed by atoms with Gasteiger partial charge in [0.2, 0.25) is 0 Å². The molecule has 1 fully saturated rings. The molecule has 1 aliphatic carbocycles. The maximum absolute atomic E-state index is 10.7. The first kappa shape index (κ1) is 13.2. The zero-order chi connectivity index (χ0) is 13.2. The second-order valence-corrected chi connectivity index (χ2v) is 5.28. The molecule has 1 aromatic carbocycles. The van der Waals surface area contributed by atoms with Gasteiger partial charge in [0.15, 0.2) is 11.5 Å². The fourth-order valence-corrected chi connectivity index (χ4v) is 2.65. The fraction of sp³-hybridized carbons (Fsp3) is 0.600. The molecule has 100 valence electrons. The quantitative estimate of drug-likeness (QED) is 0.896. The summed E-state index contributed by atoms with van der Waals surface area (Å²) in [5.74, 6) is 2.10. The van der Waals surface area contributed by atoms with Crippen LogP contribution in [0, 0.1) is 5.92 Å². The Kier molecular flexibility index (Phi) is 3.81. The molecule has 3 heteroatoms. The lowest BCUT2D eigenvalue weighted by Crippen LogP contribution is -2.30. The van der Waals surface area contributed by atoms with Crippen LogP contribution in [0.15, 0.2) is 18.2 Å². The summed E-state index contributed by atoms with van der Waals surface area (Å²) in [6.07, 6.45) is 3.79. The molecule has 0 heterocycles. The molecule has 1 N–H and O–H groups in total. The Hall–Kier alpha value is -1.22. The molecule has 0 unspecified atom stereocenters. The number of hydrogen-bond acceptors (Lipinski definition) is 3. The largest absolute Gasteiger partial charge is 0.493 e. The summed E-state index contributed by atoms with van der Waals surface area (Å²) in [5.41, 5.74) is 0.235.